The van der Waals surface area contributed by atoms with Gasteiger partial charge in [0.1, 0.15) is 18.4 Å². The highest BCUT2D eigenvalue weighted by molar-refractivity contribution is 5.98. The van der Waals surface area contributed by atoms with Crippen LogP contribution in [-0.4, -0.2) is 17.6 Å². The molecule has 26 heavy (non-hydrogen) atoms. The van der Waals surface area contributed by atoms with Crippen molar-refractivity contribution in [2.24, 2.45) is 4.99 Å². The van der Waals surface area contributed by atoms with Crippen LogP contribution in [0, 0.1) is 0 Å². The predicted octanol–water partition coefficient (Wildman–Crippen LogP) is 5.51. The summed E-state index contributed by atoms with van der Waals surface area (Å²) < 4.78 is 5.91. The molecule has 2 aromatic rings. The highest BCUT2D eigenvalue weighted by Crippen LogP contribution is 2.39. The van der Waals surface area contributed by atoms with Crippen LogP contribution in [-0.2, 0) is 15.6 Å². The van der Waals surface area contributed by atoms with Crippen LogP contribution in [0.25, 0.3) is 0 Å². The van der Waals surface area contributed by atoms with Crippen molar-refractivity contribution >= 4 is 5.90 Å². The maximum Gasteiger partial charge on any atom is 0.220 e. The molecule has 0 aliphatic carbocycles. The van der Waals surface area contributed by atoms with Gasteiger partial charge in [-0.3, -0.25) is 0 Å². The lowest BCUT2D eigenvalue weighted by Gasteiger charge is -2.27. The molecule has 3 heteroatoms. The molecule has 3 nitrogen and oxygen atoms in total. The van der Waals surface area contributed by atoms with E-state index in [9.17, 15) is 5.11 Å². The van der Waals surface area contributed by atoms with Gasteiger partial charge in [-0.2, -0.15) is 0 Å². The summed E-state index contributed by atoms with van der Waals surface area (Å²) in [4.78, 5) is 4.77. The summed E-state index contributed by atoms with van der Waals surface area (Å²) in [6.45, 7) is 13.4. The van der Waals surface area contributed by atoms with Crippen molar-refractivity contribution in [1.29, 1.82) is 0 Å². The molecule has 1 heterocycles. The number of phenolic OH excluding ortho intramolecular Hbond substituents is 1. The SMILES string of the molecule is CC(C)(C)c1cc(C2=N[C@@H](c3ccccc3)CO2)c(O)c(C(C)(C)C)c1. The van der Waals surface area contributed by atoms with Crippen LogP contribution in [0.5, 0.6) is 5.75 Å². The normalized spacial score (nSPS) is 17.8. The molecule has 2 aromatic carbocycles. The molecule has 0 bridgehead atoms. The molecule has 1 atom stereocenters. The smallest absolute Gasteiger partial charge is 0.220 e. The molecule has 0 radical (unpaired) electrons. The number of aliphatic imine (C=N–C) groups is 1. The third kappa shape index (κ3) is 3.62. The molecular formula is C23H29NO2. The Hall–Kier alpha value is -2.29. The number of nitrogens with zero attached hydrogens (tertiary/aromatic N) is 1. The Morgan fingerprint density at radius 1 is 0.962 bits per heavy atom. The summed E-state index contributed by atoms with van der Waals surface area (Å²) in [6.07, 6.45) is 0. The molecule has 0 amide bonds. The van der Waals surface area contributed by atoms with E-state index in [-0.39, 0.29) is 22.6 Å². The maximum atomic E-state index is 11.0. The van der Waals surface area contributed by atoms with Crippen molar-refractivity contribution in [1.82, 2.24) is 0 Å². The topological polar surface area (TPSA) is 41.8 Å². The first-order valence-corrected chi connectivity index (χ1v) is 9.21. The standard InChI is InChI=1S/C23H29NO2/c1-22(2,3)16-12-17(20(25)18(13-16)23(4,5)6)21-24-19(14-26-21)15-10-8-7-9-11-15/h7-13,19,25H,14H2,1-6H3/t19-/m1/s1. The monoisotopic (exact) mass is 351 g/mol. The minimum Gasteiger partial charge on any atom is -0.507 e. The van der Waals surface area contributed by atoms with E-state index in [1.54, 1.807) is 0 Å². The first-order chi connectivity index (χ1) is 12.1. The van der Waals surface area contributed by atoms with Crippen LogP contribution in [0.3, 0.4) is 0 Å². The Morgan fingerprint density at radius 3 is 2.19 bits per heavy atom. The van der Waals surface area contributed by atoms with E-state index >= 15 is 0 Å². The number of aromatic hydroxyl groups is 1. The van der Waals surface area contributed by atoms with Gasteiger partial charge >= 0.3 is 0 Å². The first kappa shape index (κ1) is 18.5. The van der Waals surface area contributed by atoms with Gasteiger partial charge in [-0.15, -0.1) is 0 Å². The minimum atomic E-state index is -0.169. The Morgan fingerprint density at radius 2 is 1.62 bits per heavy atom. The van der Waals surface area contributed by atoms with Crippen molar-refractivity contribution in [3.8, 4) is 5.75 Å². The van der Waals surface area contributed by atoms with Gasteiger partial charge in [-0.1, -0.05) is 77.9 Å². The fraction of sp³-hybridized carbons (Fsp3) is 0.435. The van der Waals surface area contributed by atoms with E-state index in [1.165, 1.54) is 5.56 Å². The number of rotatable bonds is 2. The molecule has 0 saturated heterocycles. The third-order valence-corrected chi connectivity index (χ3v) is 4.85. The van der Waals surface area contributed by atoms with Crippen molar-refractivity contribution in [2.45, 2.75) is 58.4 Å². The van der Waals surface area contributed by atoms with E-state index in [0.717, 1.165) is 11.1 Å². The largest absolute Gasteiger partial charge is 0.507 e. The van der Waals surface area contributed by atoms with E-state index < -0.39 is 0 Å². The van der Waals surface area contributed by atoms with Crippen molar-refractivity contribution in [2.75, 3.05) is 6.61 Å². The zero-order chi connectivity index (χ0) is 19.1. The van der Waals surface area contributed by atoms with Crippen LogP contribution in [0.2, 0.25) is 0 Å². The molecule has 0 unspecified atom stereocenters. The Balaban J connectivity index is 2.10. The lowest BCUT2D eigenvalue weighted by atomic mass is 9.79. The van der Waals surface area contributed by atoms with E-state index in [1.807, 2.05) is 24.3 Å². The van der Waals surface area contributed by atoms with Crippen LogP contribution in [0.15, 0.2) is 47.5 Å². The van der Waals surface area contributed by atoms with E-state index in [0.29, 0.717) is 18.1 Å². The molecule has 1 aliphatic heterocycles. The van der Waals surface area contributed by atoms with Crippen LogP contribution in [0.4, 0.5) is 0 Å². The zero-order valence-corrected chi connectivity index (χ0v) is 16.6. The molecule has 0 saturated carbocycles. The summed E-state index contributed by atoms with van der Waals surface area (Å²) in [5.74, 6) is 0.811. The number of ether oxygens (including phenoxy) is 1. The number of phenols is 1. The van der Waals surface area contributed by atoms with Gasteiger partial charge in [0.05, 0.1) is 5.56 Å². The Bertz CT molecular complexity index is 824. The molecule has 3 rings (SSSR count). The number of benzene rings is 2. The highest BCUT2D eigenvalue weighted by Gasteiger charge is 2.29. The average molecular weight is 351 g/mol. The fourth-order valence-corrected chi connectivity index (χ4v) is 3.17. The summed E-state index contributed by atoms with van der Waals surface area (Å²) >= 11 is 0. The summed E-state index contributed by atoms with van der Waals surface area (Å²) in [5, 5.41) is 11.0. The second-order valence-corrected chi connectivity index (χ2v) is 9.09. The molecule has 0 aromatic heterocycles. The van der Waals surface area contributed by atoms with Crippen LogP contribution >= 0.6 is 0 Å². The summed E-state index contributed by atoms with van der Waals surface area (Å²) in [6, 6.07) is 14.3. The zero-order valence-electron chi connectivity index (χ0n) is 16.6. The van der Waals surface area contributed by atoms with Crippen molar-refractivity contribution in [3.05, 3.63) is 64.7 Å². The van der Waals surface area contributed by atoms with Gasteiger partial charge in [0.2, 0.25) is 5.90 Å². The highest BCUT2D eigenvalue weighted by atomic mass is 16.5. The summed E-state index contributed by atoms with van der Waals surface area (Å²) in [7, 11) is 0. The lowest BCUT2D eigenvalue weighted by molar-refractivity contribution is 0.318. The second kappa shape index (κ2) is 6.46. The Labute approximate surface area is 156 Å². The molecule has 1 N–H and O–H groups in total. The quantitative estimate of drug-likeness (QED) is 0.775. The average Bonchev–Trinajstić information content (AvgIpc) is 3.03. The first-order valence-electron chi connectivity index (χ1n) is 9.21. The van der Waals surface area contributed by atoms with E-state index in [4.69, 9.17) is 9.73 Å². The van der Waals surface area contributed by atoms with E-state index in [2.05, 4.69) is 59.7 Å². The minimum absolute atomic E-state index is 0.0259. The predicted molar refractivity (Wildman–Crippen MR) is 107 cm³/mol. The summed E-state index contributed by atoms with van der Waals surface area (Å²) in [5.41, 5.74) is 3.73. The molecular weight excluding hydrogens is 322 g/mol. The lowest BCUT2D eigenvalue weighted by Crippen LogP contribution is -2.18. The van der Waals surface area contributed by atoms with Crippen molar-refractivity contribution in [3.63, 3.8) is 0 Å². The van der Waals surface area contributed by atoms with Gasteiger partial charge in [0.25, 0.3) is 0 Å². The third-order valence-electron chi connectivity index (χ3n) is 4.85. The van der Waals surface area contributed by atoms with Crippen LogP contribution < -0.4 is 0 Å². The number of hydrogen-bond donors (Lipinski definition) is 1. The maximum absolute atomic E-state index is 11.0. The molecule has 1 aliphatic rings. The molecule has 0 fully saturated rings. The molecule has 138 valence electrons. The van der Waals surface area contributed by atoms with Gasteiger partial charge in [-0.05, 0) is 28.0 Å². The van der Waals surface area contributed by atoms with Gasteiger partial charge in [-0.25, -0.2) is 4.99 Å². The fourth-order valence-electron chi connectivity index (χ4n) is 3.17. The second-order valence-electron chi connectivity index (χ2n) is 9.09. The molecule has 0 spiro atoms. The van der Waals surface area contributed by atoms with Gasteiger partial charge < -0.3 is 9.84 Å². The van der Waals surface area contributed by atoms with Gasteiger partial charge in [0, 0.05) is 5.56 Å². The van der Waals surface area contributed by atoms with Gasteiger partial charge in [0.15, 0.2) is 0 Å². The number of hydrogen-bond acceptors (Lipinski definition) is 3. The van der Waals surface area contributed by atoms with Crippen LogP contribution in [0.1, 0.15) is 69.8 Å². The van der Waals surface area contributed by atoms with Crippen molar-refractivity contribution < 1.29 is 9.84 Å². The Kier molecular flexibility index (Phi) is 4.60.